The number of amides is 2. The van der Waals surface area contributed by atoms with Crippen LogP contribution in [0.5, 0.6) is 0 Å². The van der Waals surface area contributed by atoms with E-state index >= 15 is 0 Å². The molecule has 3 aromatic carbocycles. The van der Waals surface area contributed by atoms with Gasteiger partial charge in [-0.2, -0.15) is 0 Å². The number of ketones is 1. The van der Waals surface area contributed by atoms with Crippen LogP contribution in [0.1, 0.15) is 40.0 Å². The Morgan fingerprint density at radius 3 is 2.21 bits per heavy atom. The Labute approximate surface area is 245 Å². The predicted molar refractivity (Wildman–Crippen MR) is 155 cm³/mol. The summed E-state index contributed by atoms with van der Waals surface area (Å²) in [6, 6.07) is 20.7. The molecule has 3 aliphatic rings. The van der Waals surface area contributed by atoms with Gasteiger partial charge in [0.05, 0.1) is 39.2 Å². The highest BCUT2D eigenvalue weighted by Crippen LogP contribution is 2.56. The van der Waals surface area contributed by atoms with E-state index in [-0.39, 0.29) is 40.5 Å². The van der Waals surface area contributed by atoms with Crippen molar-refractivity contribution in [2.75, 3.05) is 11.5 Å². The highest BCUT2D eigenvalue weighted by Gasteiger charge is 2.61. The maximum Gasteiger partial charge on any atom is 0.339 e. The number of rotatable bonds is 7. The third-order valence-corrected chi connectivity index (χ3v) is 9.02. The minimum Gasteiger partial charge on any atom is -0.454 e. The molecule has 1 saturated heterocycles. The summed E-state index contributed by atoms with van der Waals surface area (Å²) in [4.78, 5) is 68.6. The number of fused-ring (bicyclic) bond motifs is 6. The molecule has 43 heavy (non-hydrogen) atoms. The van der Waals surface area contributed by atoms with Crippen LogP contribution in [0.3, 0.4) is 0 Å². The van der Waals surface area contributed by atoms with Gasteiger partial charge in [0.1, 0.15) is 0 Å². The molecule has 10 heteroatoms. The number of hydrogen-bond donors (Lipinski definition) is 0. The molecule has 2 bridgehead atoms. The quantitative estimate of drug-likeness (QED) is 0.0941. The van der Waals surface area contributed by atoms with Crippen molar-refractivity contribution in [3.05, 3.63) is 100 Å². The molecule has 214 valence electrons. The lowest BCUT2D eigenvalue weighted by molar-refractivity contribution is -0.384. The molecule has 4 atom stereocenters. The molecule has 7 rings (SSSR count). The second-order valence-corrected chi connectivity index (χ2v) is 11.3. The lowest BCUT2D eigenvalue weighted by Crippen LogP contribution is -2.32. The van der Waals surface area contributed by atoms with Crippen LogP contribution >= 0.6 is 0 Å². The first kappa shape index (κ1) is 26.6. The first-order valence-electron chi connectivity index (χ1n) is 14.1. The van der Waals surface area contributed by atoms with Gasteiger partial charge in [-0.3, -0.25) is 29.4 Å². The maximum absolute atomic E-state index is 13.2. The summed E-state index contributed by atoms with van der Waals surface area (Å²) < 4.78 is 5.36. The molecule has 2 aliphatic carbocycles. The van der Waals surface area contributed by atoms with Crippen LogP contribution in [-0.2, 0) is 14.3 Å². The van der Waals surface area contributed by atoms with Gasteiger partial charge in [-0.05, 0) is 67.5 Å². The van der Waals surface area contributed by atoms with E-state index in [2.05, 4.69) is 0 Å². The molecule has 3 fully saturated rings. The van der Waals surface area contributed by atoms with Crippen molar-refractivity contribution in [3.63, 3.8) is 0 Å². The number of carbonyl (C=O) groups is 4. The Morgan fingerprint density at radius 1 is 0.907 bits per heavy atom. The lowest BCUT2D eigenvalue weighted by atomic mass is 9.81. The molecule has 2 amide bonds. The molecule has 0 radical (unpaired) electrons. The zero-order valence-corrected chi connectivity index (χ0v) is 22.8. The largest absolute Gasteiger partial charge is 0.454 e. The van der Waals surface area contributed by atoms with Crippen molar-refractivity contribution in [2.24, 2.45) is 23.7 Å². The second-order valence-electron chi connectivity index (χ2n) is 11.3. The van der Waals surface area contributed by atoms with Gasteiger partial charge in [0.2, 0.25) is 11.8 Å². The maximum atomic E-state index is 13.2. The first-order chi connectivity index (χ1) is 20.8. The number of aromatic nitrogens is 1. The van der Waals surface area contributed by atoms with Gasteiger partial charge in [0.15, 0.2) is 12.4 Å². The second kappa shape index (κ2) is 10.2. The number of non-ortho nitro benzene ring substituents is 1. The van der Waals surface area contributed by atoms with Gasteiger partial charge in [0.25, 0.3) is 5.69 Å². The van der Waals surface area contributed by atoms with Crippen molar-refractivity contribution in [2.45, 2.75) is 19.3 Å². The molecular weight excluding hydrogens is 550 g/mol. The lowest BCUT2D eigenvalue weighted by Gasteiger charge is -2.19. The average molecular weight is 576 g/mol. The van der Waals surface area contributed by atoms with Gasteiger partial charge >= 0.3 is 5.97 Å². The number of benzene rings is 3. The number of nitro benzene ring substituents is 1. The van der Waals surface area contributed by atoms with E-state index in [0.717, 1.165) is 19.3 Å². The van der Waals surface area contributed by atoms with E-state index in [1.165, 1.54) is 29.2 Å². The van der Waals surface area contributed by atoms with Crippen molar-refractivity contribution in [1.29, 1.82) is 0 Å². The van der Waals surface area contributed by atoms with Crippen molar-refractivity contribution >= 4 is 45.8 Å². The zero-order valence-electron chi connectivity index (χ0n) is 22.8. The Kier molecular flexibility index (Phi) is 6.34. The summed E-state index contributed by atoms with van der Waals surface area (Å²) >= 11 is 0. The third-order valence-electron chi connectivity index (χ3n) is 9.02. The number of carbonyl (C=O) groups excluding carboxylic acids is 4. The van der Waals surface area contributed by atoms with Crippen molar-refractivity contribution < 1.29 is 28.8 Å². The highest BCUT2D eigenvalue weighted by atomic mass is 16.6. The number of anilines is 1. The van der Waals surface area contributed by atoms with Gasteiger partial charge < -0.3 is 4.74 Å². The number of ether oxygens (including phenoxy) is 1. The van der Waals surface area contributed by atoms with Crippen molar-refractivity contribution in [1.82, 2.24) is 4.98 Å². The number of Topliss-reactive ketones (excluding diaryl/α,β-unsaturated/α-hetero) is 1. The summed E-state index contributed by atoms with van der Waals surface area (Å²) in [5.41, 5.74) is 2.48. The van der Waals surface area contributed by atoms with E-state index in [1.807, 2.05) is 0 Å². The number of para-hydroxylation sites is 1. The van der Waals surface area contributed by atoms with E-state index in [4.69, 9.17) is 9.72 Å². The first-order valence-corrected chi connectivity index (χ1v) is 14.1. The number of imide groups is 1. The van der Waals surface area contributed by atoms with E-state index in [9.17, 15) is 29.3 Å². The Hall–Kier alpha value is -5.25. The number of esters is 1. The molecular formula is C33H25N3O7. The molecule has 0 spiro atoms. The highest BCUT2D eigenvalue weighted by molar-refractivity contribution is 6.22. The molecule has 10 nitrogen and oxygen atoms in total. The van der Waals surface area contributed by atoms with Crippen LogP contribution < -0.4 is 4.90 Å². The van der Waals surface area contributed by atoms with E-state index in [0.29, 0.717) is 39.7 Å². The van der Waals surface area contributed by atoms with Crippen LogP contribution in [0.4, 0.5) is 11.4 Å². The minimum absolute atomic E-state index is 0.105. The van der Waals surface area contributed by atoms with Gasteiger partial charge in [-0.25, -0.2) is 9.78 Å². The Morgan fingerprint density at radius 2 is 1.56 bits per heavy atom. The fourth-order valence-corrected chi connectivity index (χ4v) is 7.00. The zero-order chi connectivity index (χ0) is 29.8. The van der Waals surface area contributed by atoms with Gasteiger partial charge in [-0.1, -0.05) is 30.3 Å². The number of nitro groups is 1. The smallest absolute Gasteiger partial charge is 0.339 e. The molecule has 2 saturated carbocycles. The van der Waals surface area contributed by atoms with E-state index < -0.39 is 23.3 Å². The number of pyridine rings is 1. The normalized spacial score (nSPS) is 22.2. The number of nitrogens with zero attached hydrogens (tertiary/aromatic N) is 3. The summed E-state index contributed by atoms with van der Waals surface area (Å²) in [5, 5.41) is 11.4. The third kappa shape index (κ3) is 4.46. The fraction of sp³-hybridized carbons (Fsp3) is 0.242. The van der Waals surface area contributed by atoms with Crippen LogP contribution in [0, 0.1) is 33.8 Å². The minimum atomic E-state index is -0.721. The summed E-state index contributed by atoms with van der Waals surface area (Å²) in [6.45, 7) is -0.543. The predicted octanol–water partition coefficient (Wildman–Crippen LogP) is 5.39. The fourth-order valence-electron chi connectivity index (χ4n) is 7.00. The standard InChI is InChI=1S/C33H25N3O7/c37-28(19-9-13-23(14-10-19)36(41)42)17-43-33(40)25-16-27(34-26-4-2-1-3-24(25)26)18-7-11-22(12-8-18)35-31(38)29-20-5-6-21(15-20)30(29)32(35)39/h1-4,7-14,16,20-21,29-30H,5-6,15,17H2. The molecule has 1 aromatic heterocycles. The van der Waals surface area contributed by atoms with Crippen molar-refractivity contribution in [3.8, 4) is 11.3 Å². The summed E-state index contributed by atoms with van der Waals surface area (Å²) in [6.07, 6.45) is 3.01. The number of hydrogen-bond acceptors (Lipinski definition) is 8. The van der Waals surface area contributed by atoms with E-state index in [1.54, 1.807) is 54.6 Å². The molecule has 0 N–H and O–H groups in total. The van der Waals surface area contributed by atoms with Crippen LogP contribution in [0.15, 0.2) is 78.9 Å². The molecule has 1 aliphatic heterocycles. The van der Waals surface area contributed by atoms with Crippen LogP contribution in [0.25, 0.3) is 22.2 Å². The topological polar surface area (TPSA) is 137 Å². The molecule has 4 aromatic rings. The molecule has 4 unspecified atom stereocenters. The average Bonchev–Trinajstić information content (AvgIpc) is 3.72. The molecule has 2 heterocycles. The SMILES string of the molecule is O=C(COC(=O)c1cc(-c2ccc(N3C(=O)C4C5CCC(C5)C4C3=O)cc2)nc2ccccc12)c1ccc([N+](=O)[O-])cc1. The van der Waals surface area contributed by atoms with Gasteiger partial charge in [-0.15, -0.1) is 0 Å². The van der Waals surface area contributed by atoms with Crippen LogP contribution in [0.2, 0.25) is 0 Å². The monoisotopic (exact) mass is 575 g/mol. The Balaban J connectivity index is 1.12. The van der Waals surface area contributed by atoms with Crippen LogP contribution in [-0.4, -0.2) is 40.1 Å². The summed E-state index contributed by atoms with van der Waals surface area (Å²) in [5.74, 6) is -1.22. The summed E-state index contributed by atoms with van der Waals surface area (Å²) in [7, 11) is 0. The van der Waals surface area contributed by atoms with Gasteiger partial charge in [0, 0.05) is 28.6 Å². The Bertz CT molecular complexity index is 1810.